The van der Waals surface area contributed by atoms with Gasteiger partial charge in [0.1, 0.15) is 0 Å². The number of hydrogen-bond acceptors (Lipinski definition) is 0. The van der Waals surface area contributed by atoms with E-state index < -0.39 is 0 Å². The molecule has 3 heteroatoms. The maximum Gasteiger partial charge on any atom is 0.0474 e. The van der Waals surface area contributed by atoms with Gasteiger partial charge in [-0.1, -0.05) is 33.6 Å². The zero-order chi connectivity index (χ0) is 9.68. The van der Waals surface area contributed by atoms with E-state index in [1.165, 1.54) is 5.56 Å². The van der Waals surface area contributed by atoms with Crippen LogP contribution < -0.4 is 0 Å². The summed E-state index contributed by atoms with van der Waals surface area (Å²) in [5, 5.41) is 1.80. The van der Waals surface area contributed by atoms with Crippen molar-refractivity contribution in [2.45, 2.75) is 18.7 Å². The summed E-state index contributed by atoms with van der Waals surface area (Å²) in [7, 11) is 0. The van der Waals surface area contributed by atoms with Crippen molar-refractivity contribution in [3.05, 3.63) is 34.3 Å². The highest BCUT2D eigenvalue weighted by Crippen LogP contribution is 2.18. The van der Waals surface area contributed by atoms with E-state index in [1.807, 2.05) is 12.1 Å². The quantitative estimate of drug-likeness (QED) is 0.718. The smallest absolute Gasteiger partial charge is 0.0474 e. The Morgan fingerprint density at radius 1 is 1.15 bits per heavy atom. The van der Waals surface area contributed by atoms with E-state index in [0.29, 0.717) is 5.88 Å². The van der Waals surface area contributed by atoms with E-state index in [0.717, 1.165) is 28.8 Å². The van der Waals surface area contributed by atoms with Crippen molar-refractivity contribution in [1.82, 2.24) is 0 Å². The molecule has 72 valence electrons. The molecular formula is C10H11BrCl2. The Morgan fingerprint density at radius 2 is 1.85 bits per heavy atom. The van der Waals surface area contributed by atoms with Gasteiger partial charge in [-0.25, -0.2) is 0 Å². The van der Waals surface area contributed by atoms with Gasteiger partial charge in [0.05, 0.1) is 0 Å². The Bertz CT molecular complexity index is 274. The second-order valence-corrected chi connectivity index (χ2v) is 4.39. The first-order valence-corrected chi connectivity index (χ1v) is 6.20. The minimum atomic E-state index is 0.530. The lowest BCUT2D eigenvalue weighted by Gasteiger charge is -2.03. The zero-order valence-corrected chi connectivity index (χ0v) is 10.3. The van der Waals surface area contributed by atoms with Crippen LogP contribution in [0.15, 0.2) is 18.2 Å². The SMILES string of the molecule is ClCc1cc(Cl)cc(CCCBr)c1. The van der Waals surface area contributed by atoms with Crippen LogP contribution in [-0.4, -0.2) is 5.33 Å². The van der Waals surface area contributed by atoms with Crippen LogP contribution in [0, 0.1) is 0 Å². The summed E-state index contributed by atoms with van der Waals surface area (Å²) < 4.78 is 0. The number of halogens is 3. The molecule has 0 atom stereocenters. The van der Waals surface area contributed by atoms with E-state index in [9.17, 15) is 0 Å². The summed E-state index contributed by atoms with van der Waals surface area (Å²) in [6.45, 7) is 0. The molecule has 0 nitrogen and oxygen atoms in total. The maximum atomic E-state index is 5.94. The minimum absolute atomic E-state index is 0.530. The molecular weight excluding hydrogens is 271 g/mol. The Kier molecular flexibility index (Phi) is 5.15. The summed E-state index contributed by atoms with van der Waals surface area (Å²) in [6.07, 6.45) is 2.18. The number of benzene rings is 1. The Morgan fingerprint density at radius 3 is 2.46 bits per heavy atom. The molecule has 0 aliphatic carbocycles. The van der Waals surface area contributed by atoms with Gasteiger partial charge >= 0.3 is 0 Å². The summed E-state index contributed by atoms with van der Waals surface area (Å²) in [4.78, 5) is 0. The second kappa shape index (κ2) is 5.90. The van der Waals surface area contributed by atoms with Crippen molar-refractivity contribution < 1.29 is 0 Å². The third kappa shape index (κ3) is 3.88. The molecule has 0 aliphatic heterocycles. The molecule has 0 saturated heterocycles. The van der Waals surface area contributed by atoms with Gasteiger partial charge in [-0.15, -0.1) is 11.6 Å². The molecule has 0 N–H and O–H groups in total. The lowest BCUT2D eigenvalue weighted by Crippen LogP contribution is -1.88. The van der Waals surface area contributed by atoms with Crippen LogP contribution >= 0.6 is 39.1 Å². The van der Waals surface area contributed by atoms with Gasteiger partial charge in [-0.3, -0.25) is 0 Å². The fraction of sp³-hybridized carbons (Fsp3) is 0.400. The van der Waals surface area contributed by atoms with Crippen molar-refractivity contribution in [3.8, 4) is 0 Å². The van der Waals surface area contributed by atoms with Crippen LogP contribution in [0.25, 0.3) is 0 Å². The number of rotatable bonds is 4. The molecule has 13 heavy (non-hydrogen) atoms. The number of aryl methyl sites for hydroxylation is 1. The van der Waals surface area contributed by atoms with Crippen molar-refractivity contribution in [3.63, 3.8) is 0 Å². The van der Waals surface area contributed by atoms with Gasteiger partial charge in [0.2, 0.25) is 0 Å². The Labute approximate surface area is 97.4 Å². The van der Waals surface area contributed by atoms with Gasteiger partial charge in [-0.05, 0) is 36.1 Å². The second-order valence-electron chi connectivity index (χ2n) is 2.89. The van der Waals surface area contributed by atoms with E-state index in [1.54, 1.807) is 0 Å². The molecule has 0 radical (unpaired) electrons. The van der Waals surface area contributed by atoms with Crippen LogP contribution in [0.5, 0.6) is 0 Å². The average molecular weight is 282 g/mol. The largest absolute Gasteiger partial charge is 0.122 e. The van der Waals surface area contributed by atoms with Gasteiger partial charge < -0.3 is 0 Å². The van der Waals surface area contributed by atoms with Crippen LogP contribution in [0.3, 0.4) is 0 Å². The Balaban J connectivity index is 2.76. The van der Waals surface area contributed by atoms with Gasteiger partial charge in [-0.2, -0.15) is 0 Å². The minimum Gasteiger partial charge on any atom is -0.122 e. The standard InChI is InChI=1S/C10H11BrCl2/c11-3-1-2-8-4-9(7-12)6-10(13)5-8/h4-6H,1-3,7H2. The van der Waals surface area contributed by atoms with Crippen LogP contribution in [0.4, 0.5) is 0 Å². The molecule has 0 saturated carbocycles. The molecule has 0 amide bonds. The molecule has 0 aliphatic rings. The fourth-order valence-electron chi connectivity index (χ4n) is 1.21. The van der Waals surface area contributed by atoms with E-state index >= 15 is 0 Å². The average Bonchev–Trinajstić information content (AvgIpc) is 2.14. The predicted molar refractivity (Wildman–Crippen MR) is 63.1 cm³/mol. The summed E-state index contributed by atoms with van der Waals surface area (Å²) >= 11 is 15.1. The first-order chi connectivity index (χ1) is 6.26. The maximum absolute atomic E-state index is 5.94. The van der Waals surface area contributed by atoms with Crippen molar-refractivity contribution in [2.75, 3.05) is 5.33 Å². The van der Waals surface area contributed by atoms with Crippen molar-refractivity contribution >= 4 is 39.1 Å². The van der Waals surface area contributed by atoms with Crippen molar-refractivity contribution in [2.24, 2.45) is 0 Å². The van der Waals surface area contributed by atoms with E-state index in [4.69, 9.17) is 23.2 Å². The summed E-state index contributed by atoms with van der Waals surface area (Å²) in [6, 6.07) is 6.02. The lowest BCUT2D eigenvalue weighted by molar-refractivity contribution is 0.937. The predicted octanol–water partition coefficient (Wildman–Crippen LogP) is 4.41. The van der Waals surface area contributed by atoms with Gasteiger partial charge in [0.25, 0.3) is 0 Å². The molecule has 0 bridgehead atoms. The number of hydrogen-bond donors (Lipinski definition) is 0. The first kappa shape index (κ1) is 11.4. The monoisotopic (exact) mass is 280 g/mol. The molecule has 1 aromatic rings. The number of alkyl halides is 2. The lowest BCUT2D eigenvalue weighted by atomic mass is 10.1. The van der Waals surface area contributed by atoms with Gasteiger partial charge in [0, 0.05) is 16.2 Å². The highest BCUT2D eigenvalue weighted by molar-refractivity contribution is 9.09. The van der Waals surface area contributed by atoms with Gasteiger partial charge in [0.15, 0.2) is 0 Å². The van der Waals surface area contributed by atoms with E-state index in [2.05, 4.69) is 22.0 Å². The highest BCUT2D eigenvalue weighted by atomic mass is 79.9. The zero-order valence-electron chi connectivity index (χ0n) is 7.19. The molecule has 1 rings (SSSR count). The molecule has 0 aromatic heterocycles. The normalized spacial score (nSPS) is 10.4. The molecule has 0 fully saturated rings. The van der Waals surface area contributed by atoms with Crippen LogP contribution in [-0.2, 0) is 12.3 Å². The Hall–Kier alpha value is 0.280. The molecule has 1 aromatic carbocycles. The summed E-state index contributed by atoms with van der Waals surface area (Å²) in [5.74, 6) is 0.530. The fourth-order valence-corrected chi connectivity index (χ4v) is 1.92. The summed E-state index contributed by atoms with van der Waals surface area (Å²) in [5.41, 5.74) is 2.36. The molecule has 0 unspecified atom stereocenters. The highest BCUT2D eigenvalue weighted by Gasteiger charge is 1.98. The third-order valence-electron chi connectivity index (χ3n) is 1.77. The molecule has 0 spiro atoms. The van der Waals surface area contributed by atoms with Crippen LogP contribution in [0.2, 0.25) is 5.02 Å². The first-order valence-electron chi connectivity index (χ1n) is 4.16. The topological polar surface area (TPSA) is 0 Å². The molecule has 0 heterocycles. The van der Waals surface area contributed by atoms with E-state index in [-0.39, 0.29) is 0 Å². The van der Waals surface area contributed by atoms with Crippen LogP contribution in [0.1, 0.15) is 17.5 Å². The van der Waals surface area contributed by atoms with Crippen molar-refractivity contribution in [1.29, 1.82) is 0 Å². The third-order valence-corrected chi connectivity index (χ3v) is 2.86.